The number of nitrogens with one attached hydrogen (secondary N) is 1. The number of hydrogen-bond donors (Lipinski definition) is 2. The monoisotopic (exact) mass is 279 g/mol. The van der Waals surface area contributed by atoms with Crippen molar-refractivity contribution in [2.24, 2.45) is 5.92 Å². The fourth-order valence-electron chi connectivity index (χ4n) is 2.90. The lowest BCUT2D eigenvalue weighted by Crippen LogP contribution is -2.17. The molecule has 2 rings (SSSR count). The minimum atomic E-state index is 0.297. The lowest BCUT2D eigenvalue weighted by Gasteiger charge is -2.21. The van der Waals surface area contributed by atoms with E-state index in [1.54, 1.807) is 0 Å². The van der Waals surface area contributed by atoms with E-state index >= 15 is 0 Å². The molecule has 4 nitrogen and oxygen atoms in total. The highest BCUT2D eigenvalue weighted by molar-refractivity contribution is 4.99. The van der Waals surface area contributed by atoms with Crippen molar-refractivity contribution in [3.63, 3.8) is 0 Å². The highest BCUT2D eigenvalue weighted by Crippen LogP contribution is 2.27. The summed E-state index contributed by atoms with van der Waals surface area (Å²) in [5, 5.41) is 17.1. The van der Waals surface area contributed by atoms with Crippen LogP contribution in [0.3, 0.4) is 0 Å². The molecule has 0 radical (unpaired) electrons. The van der Waals surface area contributed by atoms with E-state index in [9.17, 15) is 0 Å². The molecule has 114 valence electrons. The Labute approximate surface area is 122 Å². The van der Waals surface area contributed by atoms with Gasteiger partial charge in [0, 0.05) is 19.3 Å². The number of aliphatic hydroxyl groups is 1. The molecular formula is C16H29N3O. The molecule has 1 atom stereocenters. The molecule has 0 amide bonds. The van der Waals surface area contributed by atoms with E-state index in [4.69, 9.17) is 10.2 Å². The third kappa shape index (κ3) is 4.91. The van der Waals surface area contributed by atoms with Crippen LogP contribution in [0.5, 0.6) is 0 Å². The first-order valence-electron chi connectivity index (χ1n) is 8.15. The summed E-state index contributed by atoms with van der Waals surface area (Å²) in [5.74, 6) is 0.419. The smallest absolute Gasteiger partial charge is 0.0762 e. The largest absolute Gasteiger partial charge is 0.396 e. The van der Waals surface area contributed by atoms with Gasteiger partial charge < -0.3 is 10.4 Å². The molecule has 0 spiro atoms. The molecule has 0 aromatic carbocycles. The summed E-state index contributed by atoms with van der Waals surface area (Å²) in [6.45, 7) is 4.24. The van der Waals surface area contributed by atoms with Gasteiger partial charge in [-0.1, -0.05) is 26.2 Å². The van der Waals surface area contributed by atoms with E-state index in [1.165, 1.54) is 32.1 Å². The summed E-state index contributed by atoms with van der Waals surface area (Å²) >= 11 is 0. The van der Waals surface area contributed by atoms with Crippen LogP contribution in [0.25, 0.3) is 0 Å². The molecule has 20 heavy (non-hydrogen) atoms. The van der Waals surface area contributed by atoms with Gasteiger partial charge >= 0.3 is 0 Å². The molecular weight excluding hydrogens is 250 g/mol. The number of nitrogens with zero attached hydrogens (tertiary/aromatic N) is 2. The second-order valence-corrected chi connectivity index (χ2v) is 6.19. The summed E-state index contributed by atoms with van der Waals surface area (Å²) in [4.78, 5) is 0. The summed E-state index contributed by atoms with van der Waals surface area (Å²) in [7, 11) is 0. The molecule has 1 aliphatic carbocycles. The van der Waals surface area contributed by atoms with Gasteiger partial charge in [0.1, 0.15) is 0 Å². The summed E-state index contributed by atoms with van der Waals surface area (Å²) in [5.41, 5.74) is 1.14. The molecule has 0 saturated heterocycles. The average Bonchev–Trinajstić information content (AvgIpc) is 2.96. The Bertz CT molecular complexity index is 372. The van der Waals surface area contributed by atoms with Crippen molar-refractivity contribution < 1.29 is 5.11 Å². The van der Waals surface area contributed by atoms with E-state index in [0.717, 1.165) is 31.6 Å². The molecule has 1 aromatic heterocycles. The van der Waals surface area contributed by atoms with Crippen molar-refractivity contribution in [2.45, 2.75) is 64.5 Å². The van der Waals surface area contributed by atoms with Crippen LogP contribution < -0.4 is 5.32 Å². The van der Waals surface area contributed by atoms with Crippen LogP contribution in [0.1, 0.15) is 63.6 Å². The van der Waals surface area contributed by atoms with Gasteiger partial charge in [0.2, 0.25) is 0 Å². The van der Waals surface area contributed by atoms with Crippen LogP contribution in [-0.2, 0) is 6.54 Å². The number of aromatic nitrogens is 2. The van der Waals surface area contributed by atoms with Gasteiger partial charge in [-0.25, -0.2) is 0 Å². The standard InChI is InChI=1S/C16H29N3O/c1-14(13-20)6-5-10-17-12-15-9-11-19(18-15)16-7-3-2-4-8-16/h9,11,14,16-17,20H,2-8,10,12-13H2,1H3. The normalized spacial score (nSPS) is 18.3. The number of rotatable bonds is 8. The number of aliphatic hydroxyl groups excluding tert-OH is 1. The Balaban J connectivity index is 1.65. The molecule has 1 saturated carbocycles. The van der Waals surface area contributed by atoms with Crippen LogP contribution in [0.4, 0.5) is 0 Å². The molecule has 2 N–H and O–H groups in total. The SMILES string of the molecule is CC(CO)CCCNCc1ccn(C2CCCCC2)n1. The summed E-state index contributed by atoms with van der Waals surface area (Å²) < 4.78 is 2.17. The second kappa shape index (κ2) is 8.42. The maximum absolute atomic E-state index is 8.96. The fourth-order valence-corrected chi connectivity index (χ4v) is 2.90. The topological polar surface area (TPSA) is 50.1 Å². The van der Waals surface area contributed by atoms with Crippen molar-refractivity contribution in [3.05, 3.63) is 18.0 Å². The third-order valence-corrected chi connectivity index (χ3v) is 4.28. The van der Waals surface area contributed by atoms with E-state index in [0.29, 0.717) is 18.6 Å². The molecule has 1 heterocycles. The summed E-state index contributed by atoms with van der Waals surface area (Å²) in [6.07, 6.45) is 11.0. The van der Waals surface area contributed by atoms with Gasteiger partial charge in [-0.15, -0.1) is 0 Å². The van der Waals surface area contributed by atoms with E-state index in [1.807, 2.05) is 0 Å². The van der Waals surface area contributed by atoms with Gasteiger partial charge in [0.05, 0.1) is 11.7 Å². The fraction of sp³-hybridized carbons (Fsp3) is 0.812. The van der Waals surface area contributed by atoms with Crippen LogP contribution >= 0.6 is 0 Å². The Morgan fingerprint density at radius 3 is 2.95 bits per heavy atom. The first-order chi connectivity index (χ1) is 9.79. The van der Waals surface area contributed by atoms with Crippen molar-refractivity contribution in [1.82, 2.24) is 15.1 Å². The van der Waals surface area contributed by atoms with Crippen molar-refractivity contribution >= 4 is 0 Å². The Hall–Kier alpha value is -0.870. The van der Waals surface area contributed by atoms with E-state index in [-0.39, 0.29) is 0 Å². The van der Waals surface area contributed by atoms with Crippen molar-refractivity contribution in [1.29, 1.82) is 0 Å². The molecule has 1 unspecified atom stereocenters. The highest BCUT2D eigenvalue weighted by Gasteiger charge is 2.15. The predicted octanol–water partition coefficient (Wildman–Crippen LogP) is 2.89. The molecule has 0 bridgehead atoms. The Morgan fingerprint density at radius 2 is 2.20 bits per heavy atom. The van der Waals surface area contributed by atoms with Crippen molar-refractivity contribution in [3.8, 4) is 0 Å². The van der Waals surface area contributed by atoms with Gasteiger partial charge in [-0.05, 0) is 44.2 Å². The average molecular weight is 279 g/mol. The first kappa shape index (κ1) is 15.5. The Morgan fingerprint density at radius 1 is 1.40 bits per heavy atom. The Kier molecular flexibility index (Phi) is 6.54. The van der Waals surface area contributed by atoms with Gasteiger partial charge in [0.15, 0.2) is 0 Å². The first-order valence-corrected chi connectivity index (χ1v) is 8.15. The van der Waals surface area contributed by atoms with Crippen LogP contribution in [0.15, 0.2) is 12.3 Å². The lowest BCUT2D eigenvalue weighted by atomic mass is 9.96. The van der Waals surface area contributed by atoms with Crippen molar-refractivity contribution in [2.75, 3.05) is 13.2 Å². The zero-order chi connectivity index (χ0) is 14.2. The van der Waals surface area contributed by atoms with Crippen LogP contribution in [0, 0.1) is 5.92 Å². The minimum Gasteiger partial charge on any atom is -0.396 e. The zero-order valence-electron chi connectivity index (χ0n) is 12.7. The zero-order valence-corrected chi connectivity index (χ0v) is 12.7. The van der Waals surface area contributed by atoms with Gasteiger partial charge in [0.25, 0.3) is 0 Å². The highest BCUT2D eigenvalue weighted by atomic mass is 16.3. The van der Waals surface area contributed by atoms with Gasteiger partial charge in [-0.2, -0.15) is 5.10 Å². The predicted molar refractivity (Wildman–Crippen MR) is 81.5 cm³/mol. The molecule has 0 aliphatic heterocycles. The van der Waals surface area contributed by atoms with Gasteiger partial charge in [-0.3, -0.25) is 4.68 Å². The maximum Gasteiger partial charge on any atom is 0.0762 e. The van der Waals surface area contributed by atoms with E-state index in [2.05, 4.69) is 29.2 Å². The molecule has 1 fully saturated rings. The van der Waals surface area contributed by atoms with Crippen LogP contribution in [-0.4, -0.2) is 28.0 Å². The number of hydrogen-bond acceptors (Lipinski definition) is 3. The third-order valence-electron chi connectivity index (χ3n) is 4.28. The van der Waals surface area contributed by atoms with Crippen LogP contribution in [0.2, 0.25) is 0 Å². The minimum absolute atomic E-state index is 0.297. The molecule has 4 heteroatoms. The van der Waals surface area contributed by atoms with E-state index < -0.39 is 0 Å². The lowest BCUT2D eigenvalue weighted by molar-refractivity contribution is 0.228. The molecule has 1 aromatic rings. The second-order valence-electron chi connectivity index (χ2n) is 6.19. The summed E-state index contributed by atoms with van der Waals surface area (Å²) in [6, 6.07) is 2.76. The molecule has 1 aliphatic rings. The maximum atomic E-state index is 8.96. The quantitative estimate of drug-likeness (QED) is 0.719.